The lowest BCUT2D eigenvalue weighted by Gasteiger charge is -2.42. The molecule has 5 N–H and O–H groups in total. The molecule has 6 heterocycles. The average Bonchev–Trinajstić information content (AvgIpc) is 1.62. The predicted molar refractivity (Wildman–Crippen MR) is 432 cm³/mol. The fourth-order valence-electron chi connectivity index (χ4n) is 11.1. The highest BCUT2D eigenvalue weighted by molar-refractivity contribution is 9.10. The Labute approximate surface area is 640 Å². The molecule has 0 bridgehead atoms. The summed E-state index contributed by atoms with van der Waals surface area (Å²) < 4.78 is 137. The van der Waals surface area contributed by atoms with Gasteiger partial charge in [0.05, 0.1) is 62.0 Å². The van der Waals surface area contributed by atoms with Crippen molar-refractivity contribution in [3.05, 3.63) is 148 Å². The van der Waals surface area contributed by atoms with Crippen LogP contribution < -0.4 is 25.4 Å². The summed E-state index contributed by atoms with van der Waals surface area (Å²) in [5, 5.41) is 0.874. The van der Waals surface area contributed by atoms with E-state index < -0.39 is 60.3 Å². The summed E-state index contributed by atoms with van der Waals surface area (Å²) in [7, 11) is -4.92. The molecule has 22 nitrogen and oxygen atoms in total. The Morgan fingerprint density at radius 1 is 0.544 bits per heavy atom. The summed E-state index contributed by atoms with van der Waals surface area (Å²) in [5.74, 6) is 1.45. The Morgan fingerprint density at radius 2 is 0.922 bits per heavy atom. The maximum absolute atomic E-state index is 11.8. The van der Waals surface area contributed by atoms with Gasteiger partial charge in [-0.15, -0.1) is 0 Å². The molecule has 1 aliphatic carbocycles. The van der Waals surface area contributed by atoms with E-state index in [4.69, 9.17) is 44.3 Å². The number of halogens is 3. The third-order valence-electron chi connectivity index (χ3n) is 19.5. The number of nitrogens with two attached hydrogens (primary N) is 1. The van der Waals surface area contributed by atoms with Crippen LogP contribution in [0.5, 0.6) is 0 Å². The van der Waals surface area contributed by atoms with Crippen molar-refractivity contribution in [1.82, 2.24) is 33.6 Å². The zero-order valence-corrected chi connectivity index (χ0v) is 67.7. The molecule has 4 aromatic carbocycles. The number of anilines is 1. The molecule has 32 heteroatoms. The van der Waals surface area contributed by atoms with E-state index in [1.165, 1.54) is 53.5 Å². The van der Waals surface area contributed by atoms with Crippen molar-refractivity contribution in [3.63, 3.8) is 0 Å². The Bertz CT molecular complexity index is 4130. The van der Waals surface area contributed by atoms with Crippen LogP contribution in [0.4, 0.5) is 5.82 Å². The first-order chi connectivity index (χ1) is 45.9. The summed E-state index contributed by atoms with van der Waals surface area (Å²) in [5.41, 5.74) is 11.8. The second kappa shape index (κ2) is 38.0. The summed E-state index contributed by atoms with van der Waals surface area (Å²) in [6.45, 7) is 27.9. The molecule has 0 radical (unpaired) electrons. The number of nitrogens with zero attached hydrogens (tertiary/aromatic N) is 4. The van der Waals surface area contributed by atoms with E-state index >= 15 is 0 Å². The SMILES string of the molecule is C.C.C.CC1(C)OB(B2OC(C)(C)C(C)(C)O2)OC1(C)C.CNS(=O)(=O)CCc1cccc(-c2cn(C3CC(CN4CCC4)C3)c3ncnc(N)c23)c1.CNS(=O)(=O)CCc1cccc(B2OC(C)(C)C(C)(C)O2)c1.CNS(=O)(=O)CCc1cccc(Br)c1.O=S(=O)(Cl)CCc1cccc(Br)c1.[CH3-]. The van der Waals surface area contributed by atoms with Crippen LogP contribution in [0, 0.1) is 13.3 Å². The zero-order valence-electron chi connectivity index (χ0n) is 60.5. The molecule has 0 unspecified atom stereocenters. The van der Waals surface area contributed by atoms with Crippen LogP contribution in [-0.2, 0) is 92.7 Å². The van der Waals surface area contributed by atoms with Gasteiger partial charge < -0.3 is 50.6 Å². The number of fused-ring (bicyclic) bond motifs is 1. The van der Waals surface area contributed by atoms with Crippen molar-refractivity contribution in [3.8, 4) is 11.1 Å². The Balaban J connectivity index is 0.000000346. The Hall–Kier alpha value is -3.86. The molecule has 103 heavy (non-hydrogen) atoms. The van der Waals surface area contributed by atoms with Gasteiger partial charge in [0.15, 0.2) is 0 Å². The third kappa shape index (κ3) is 26.2. The number of aromatic nitrogens is 3. The molecule has 0 atom stereocenters. The monoisotopic (exact) mass is 1660 g/mol. The van der Waals surface area contributed by atoms with Crippen LogP contribution in [0.3, 0.4) is 0 Å². The van der Waals surface area contributed by atoms with Crippen molar-refractivity contribution in [2.45, 2.75) is 190 Å². The standard InChI is InChI=1S/C23H30N6O2S.C15H24BNO4S.C12H24B2O4.C9H12BrNO2S.C8H8BrClO2S.3CH4.CH3/c1-25-32(30,31)9-6-16-4-2-5-18(10-16)20-14-29(23-21(20)22(24)26-15-27-23)19-11-17(12-19)13-28-7-3-8-28;1-14(2)15(3,4)21-16(20-14)13-8-6-7-12(11-13)9-10-22(18,19)17-5;1-9(2)10(3,4)16-13(15-9)14-17-11(5,6)12(7,8)18-14;1-11-14(12,13)6-5-8-3-2-4-9(10)7-8;9-8-3-1-2-7(6-8)4-5-13(10,11)12;;;;/h2,4-5,10,14-15,17,19,25H,3,6-9,11-13H2,1H3,(H2,24,26,27);6-8,11,17H,9-10H2,1-5H3;1-8H3;2-4,7,11H,5-6H2,1H3;1-3,6H,4-5H2;3*1H4;1H3/q;;;;;;;;-1. The topological polar surface area (TPSA) is 288 Å². The van der Waals surface area contributed by atoms with E-state index in [1.54, 1.807) is 0 Å². The van der Waals surface area contributed by atoms with Crippen molar-refractivity contribution in [2.75, 3.05) is 69.5 Å². The smallest absolute Gasteiger partial charge is 0.405 e. The molecule has 6 aromatic rings. The molecule has 5 aliphatic rings. The number of hydrogen-bond donors (Lipinski definition) is 4. The first-order valence-corrected chi connectivity index (χ1v) is 42.1. The van der Waals surface area contributed by atoms with Gasteiger partial charge in [0, 0.05) is 44.0 Å². The van der Waals surface area contributed by atoms with Crippen molar-refractivity contribution in [1.29, 1.82) is 0 Å². The van der Waals surface area contributed by atoms with E-state index in [2.05, 4.69) is 71.7 Å². The number of hydrogen-bond acceptors (Lipinski definition) is 18. The molecule has 0 spiro atoms. The second-order valence-electron chi connectivity index (χ2n) is 28.4. The largest absolute Gasteiger partial charge is 0.494 e. The molecule has 0 amide bonds. The van der Waals surface area contributed by atoms with Gasteiger partial charge in [-0.3, -0.25) is 0 Å². The first kappa shape index (κ1) is 93.4. The minimum absolute atomic E-state index is 0. The molecular formula is C71H113B3Br2ClN8O14S4-. The number of nitrogen functional groups attached to an aromatic ring is 1. The number of rotatable bonds is 21. The van der Waals surface area contributed by atoms with E-state index in [0.717, 1.165) is 77.6 Å². The molecule has 11 rings (SSSR count). The number of aryl methyl sites for hydroxylation is 4. The van der Waals surface area contributed by atoms with Gasteiger partial charge in [-0.1, -0.05) is 127 Å². The highest BCUT2D eigenvalue weighted by Gasteiger charge is 2.64. The van der Waals surface area contributed by atoms with Gasteiger partial charge in [-0.25, -0.2) is 57.8 Å². The van der Waals surface area contributed by atoms with Crippen molar-refractivity contribution >= 4 is 125 Å². The maximum atomic E-state index is 11.8. The molecule has 1 saturated carbocycles. The van der Waals surface area contributed by atoms with Crippen LogP contribution >= 0.6 is 42.5 Å². The van der Waals surface area contributed by atoms with Crippen LogP contribution in [0.25, 0.3) is 22.2 Å². The van der Waals surface area contributed by atoms with Crippen LogP contribution in [0.15, 0.2) is 119 Å². The minimum Gasteiger partial charge on any atom is -0.405 e. The summed E-state index contributed by atoms with van der Waals surface area (Å²) >= 11 is 6.63. The second-order valence-corrected chi connectivity index (χ2v) is 39.3. The highest BCUT2D eigenvalue weighted by Crippen LogP contribution is 2.45. The number of likely N-dealkylation sites (tertiary alicyclic amines) is 1. The molecule has 4 aliphatic heterocycles. The van der Waals surface area contributed by atoms with E-state index in [-0.39, 0.29) is 86.3 Å². The van der Waals surface area contributed by atoms with E-state index in [9.17, 15) is 33.7 Å². The summed E-state index contributed by atoms with van der Waals surface area (Å²) in [6, 6.07) is 31.3. The quantitative estimate of drug-likeness (QED) is 0.0296. The summed E-state index contributed by atoms with van der Waals surface area (Å²) in [4.78, 5) is 11.4. The number of benzene rings is 4. The molecule has 2 aromatic heterocycles. The minimum atomic E-state index is -3.38. The van der Waals surface area contributed by atoms with E-state index in [0.29, 0.717) is 37.5 Å². The van der Waals surface area contributed by atoms with Gasteiger partial charge in [-0.2, -0.15) is 0 Å². The van der Waals surface area contributed by atoms with Gasteiger partial charge in [0.1, 0.15) is 17.8 Å². The molecule has 576 valence electrons. The van der Waals surface area contributed by atoms with Gasteiger partial charge in [-0.05, 0) is 226 Å². The normalized spacial score (nSPS) is 19.6. The van der Waals surface area contributed by atoms with Crippen LogP contribution in [0.2, 0.25) is 0 Å². The average molecular weight is 1660 g/mol. The Kier molecular flexibility index (Phi) is 34.4. The van der Waals surface area contributed by atoms with E-state index in [1.807, 2.05) is 180 Å². The fraction of sp³-hybridized carbons (Fsp3) is 0.563. The fourth-order valence-corrected chi connectivity index (χ4v) is 14.8. The molecule has 5 fully saturated rings. The first-order valence-electron chi connectivity index (χ1n) is 33.1. The zero-order chi connectivity index (χ0) is 73.4. The lowest BCUT2D eigenvalue weighted by molar-refractivity contribution is 0.00578. The van der Waals surface area contributed by atoms with Gasteiger partial charge in [0.2, 0.25) is 39.1 Å². The number of sulfonamides is 3. The number of nitrogens with one attached hydrogen (secondary N) is 3. The lowest BCUT2D eigenvalue weighted by atomic mass is 9.49. The predicted octanol–water partition coefficient (Wildman–Crippen LogP) is 12.2. The van der Waals surface area contributed by atoms with Crippen LogP contribution in [-0.4, -0.2) is 172 Å². The highest BCUT2D eigenvalue weighted by atomic mass is 79.9. The van der Waals surface area contributed by atoms with Crippen molar-refractivity contribution < 1.29 is 61.6 Å². The maximum Gasteiger partial charge on any atom is 0.494 e. The third-order valence-corrected chi connectivity index (χ3v) is 25.7. The lowest BCUT2D eigenvalue weighted by Crippen LogP contribution is -2.43. The molecule has 4 saturated heterocycles. The van der Waals surface area contributed by atoms with Crippen LogP contribution in [0.1, 0.15) is 153 Å². The Morgan fingerprint density at radius 3 is 1.31 bits per heavy atom. The summed E-state index contributed by atoms with van der Waals surface area (Å²) in [6.07, 6.45) is 9.22. The molecular weight excluding hydrogens is 1540 g/mol. The van der Waals surface area contributed by atoms with Gasteiger partial charge in [0.25, 0.3) is 0 Å². The van der Waals surface area contributed by atoms with Gasteiger partial charge >= 0.3 is 21.1 Å². The van der Waals surface area contributed by atoms with Crippen molar-refractivity contribution in [2.24, 2.45) is 5.92 Å².